The minimum absolute atomic E-state index is 0. The van der Waals surface area contributed by atoms with Crippen LogP contribution >= 0.6 is 21.6 Å². The van der Waals surface area contributed by atoms with Crippen LogP contribution in [0, 0.1) is 0 Å². The molecule has 2 aromatic heterocycles. The fourth-order valence-electron chi connectivity index (χ4n) is 1.48. The predicted octanol–water partition coefficient (Wildman–Crippen LogP) is -3.57. The summed E-state index contributed by atoms with van der Waals surface area (Å²) < 4.78 is 4.12. The van der Waals surface area contributed by atoms with Crippen LogP contribution in [0.15, 0.2) is 49.1 Å². The van der Waals surface area contributed by atoms with Crippen LogP contribution in [-0.4, -0.2) is 0 Å². The van der Waals surface area contributed by atoms with Crippen LogP contribution < -0.4 is 57.1 Å². The quantitative estimate of drug-likeness (QED) is 0.171. The smallest absolute Gasteiger partial charge is 0.168 e. The van der Waals surface area contributed by atoms with E-state index in [9.17, 15) is 0 Å². The molecule has 0 bridgehead atoms. The van der Waals surface area contributed by atoms with Gasteiger partial charge in [0, 0.05) is 35.8 Å². The molecule has 0 unspecified atom stereocenters. The largest absolute Gasteiger partial charge is 1.00 e. The van der Waals surface area contributed by atoms with Crippen molar-refractivity contribution >= 4 is 21.6 Å². The molecule has 0 aromatic carbocycles. The van der Waals surface area contributed by atoms with E-state index in [1.54, 1.807) is 0 Å². The molecule has 0 saturated heterocycles. The van der Waals surface area contributed by atoms with Gasteiger partial charge in [-0.1, -0.05) is 21.6 Å². The Bertz CT molecular complexity index is 442. The van der Waals surface area contributed by atoms with Crippen molar-refractivity contribution in [2.24, 2.45) is 14.1 Å². The summed E-state index contributed by atoms with van der Waals surface area (Å²) >= 11 is 0. The molecule has 2 heterocycles. The second-order valence-corrected chi connectivity index (χ2v) is 6.73. The number of hydrogen-bond donors (Lipinski definition) is 0. The highest BCUT2D eigenvalue weighted by molar-refractivity contribution is 8.76. The monoisotopic (exact) mass is 532 g/mol. The topological polar surface area (TPSA) is 7.76 Å². The fourth-order valence-corrected chi connectivity index (χ4v) is 3.62. The average molecular weight is 532 g/mol. The zero-order valence-electron chi connectivity index (χ0n) is 11.5. The van der Waals surface area contributed by atoms with E-state index in [4.69, 9.17) is 0 Å². The lowest BCUT2D eigenvalue weighted by atomic mass is 10.3. The first-order valence-corrected chi connectivity index (χ1v) is 8.35. The van der Waals surface area contributed by atoms with E-state index in [-0.39, 0.29) is 48.0 Å². The van der Waals surface area contributed by atoms with Crippen LogP contribution in [0.5, 0.6) is 0 Å². The van der Waals surface area contributed by atoms with Crippen LogP contribution in [0.25, 0.3) is 0 Å². The van der Waals surface area contributed by atoms with E-state index in [0.29, 0.717) is 0 Å². The van der Waals surface area contributed by atoms with E-state index < -0.39 is 0 Å². The van der Waals surface area contributed by atoms with Crippen molar-refractivity contribution in [2.75, 3.05) is 0 Å². The minimum Gasteiger partial charge on any atom is -1.00 e. The van der Waals surface area contributed by atoms with E-state index >= 15 is 0 Å². The number of halogens is 2. The number of nitrogens with zero attached hydrogens (tertiary/aromatic N) is 2. The van der Waals surface area contributed by atoms with Gasteiger partial charge in [-0.2, -0.15) is 0 Å². The molecule has 0 fully saturated rings. The summed E-state index contributed by atoms with van der Waals surface area (Å²) in [6.07, 6.45) is 8.38. The van der Waals surface area contributed by atoms with Gasteiger partial charge in [0.1, 0.15) is 14.1 Å². The summed E-state index contributed by atoms with van der Waals surface area (Å²) in [6, 6.07) is 8.71. The summed E-state index contributed by atoms with van der Waals surface area (Å²) in [7, 11) is 7.91. The third kappa shape index (κ3) is 7.46. The van der Waals surface area contributed by atoms with Crippen LogP contribution in [0.4, 0.5) is 0 Å². The lowest BCUT2D eigenvalue weighted by Gasteiger charge is -2.01. The first-order chi connectivity index (χ1) is 8.74. The van der Waals surface area contributed by atoms with Crippen molar-refractivity contribution in [3.8, 4) is 0 Å². The van der Waals surface area contributed by atoms with Gasteiger partial charge >= 0.3 is 0 Å². The number of aryl methyl sites for hydroxylation is 2. The maximum atomic E-state index is 2.18. The van der Waals surface area contributed by atoms with E-state index in [2.05, 4.69) is 58.2 Å². The third-order valence-corrected chi connectivity index (χ3v) is 4.91. The van der Waals surface area contributed by atoms with Crippen LogP contribution in [0.1, 0.15) is 11.1 Å². The van der Waals surface area contributed by atoms with Crippen molar-refractivity contribution in [2.45, 2.75) is 11.5 Å². The van der Waals surface area contributed by atoms with Crippen molar-refractivity contribution < 1.29 is 57.1 Å². The molecule has 0 atom stereocenters. The Morgan fingerprint density at radius 1 is 0.700 bits per heavy atom. The molecule has 0 N–H and O–H groups in total. The summed E-state index contributed by atoms with van der Waals surface area (Å²) in [6.45, 7) is 0. The Hall–Kier alpha value is 0.460. The molecule has 0 aliphatic heterocycles. The van der Waals surface area contributed by atoms with Crippen LogP contribution in [-0.2, 0) is 25.6 Å². The molecular weight excluding hydrogens is 514 g/mol. The summed E-state index contributed by atoms with van der Waals surface area (Å²) in [4.78, 5) is 0. The second-order valence-electron chi connectivity index (χ2n) is 4.27. The molecule has 2 nitrogen and oxygen atoms in total. The number of rotatable bonds is 5. The molecule has 2 aromatic rings. The zero-order chi connectivity index (χ0) is 12.8. The maximum Gasteiger partial charge on any atom is 0.168 e. The van der Waals surface area contributed by atoms with Gasteiger partial charge < -0.3 is 48.0 Å². The normalized spacial score (nSPS) is 9.50. The van der Waals surface area contributed by atoms with Gasteiger partial charge in [-0.05, 0) is 11.1 Å². The van der Waals surface area contributed by atoms with E-state index in [1.807, 2.05) is 35.7 Å². The second kappa shape index (κ2) is 11.1. The first kappa shape index (κ1) is 20.5. The van der Waals surface area contributed by atoms with Gasteiger partial charge in [0.25, 0.3) is 0 Å². The average Bonchev–Trinajstić information content (AvgIpc) is 2.39. The molecule has 2 rings (SSSR count). The highest BCUT2D eigenvalue weighted by Gasteiger charge is 1.99. The minimum atomic E-state index is 0. The summed E-state index contributed by atoms with van der Waals surface area (Å²) in [5.74, 6) is 2.12. The summed E-state index contributed by atoms with van der Waals surface area (Å²) in [5.41, 5.74) is 2.76. The Labute approximate surface area is 163 Å². The Morgan fingerprint density at radius 3 is 1.30 bits per heavy atom. The van der Waals surface area contributed by atoms with Crippen molar-refractivity contribution in [3.63, 3.8) is 0 Å². The van der Waals surface area contributed by atoms with Crippen molar-refractivity contribution in [1.29, 1.82) is 0 Å². The van der Waals surface area contributed by atoms with Gasteiger partial charge in [-0.3, -0.25) is 0 Å². The molecule has 0 saturated carbocycles. The number of aromatic nitrogens is 2. The SMILES string of the molecule is C[n+]1ccc(CSSCc2cc[n+](C)cc2)cc1.[I-].[I-]. The molecule has 0 spiro atoms. The van der Waals surface area contributed by atoms with Gasteiger partial charge in [0.2, 0.25) is 0 Å². The van der Waals surface area contributed by atoms with Crippen LogP contribution in [0.3, 0.4) is 0 Å². The molecule has 6 heteroatoms. The molecule has 20 heavy (non-hydrogen) atoms. The van der Waals surface area contributed by atoms with E-state index in [0.717, 1.165) is 11.5 Å². The van der Waals surface area contributed by atoms with Crippen molar-refractivity contribution in [1.82, 2.24) is 0 Å². The van der Waals surface area contributed by atoms with E-state index in [1.165, 1.54) is 11.1 Å². The number of hydrogen-bond acceptors (Lipinski definition) is 2. The maximum absolute atomic E-state index is 2.18. The molecule has 0 amide bonds. The predicted molar refractivity (Wildman–Crippen MR) is 77.8 cm³/mol. The lowest BCUT2D eigenvalue weighted by Crippen LogP contribution is -3.00. The Morgan fingerprint density at radius 2 is 1.00 bits per heavy atom. The van der Waals surface area contributed by atoms with Gasteiger partial charge in [0.05, 0.1) is 0 Å². The van der Waals surface area contributed by atoms with Crippen molar-refractivity contribution in [3.05, 3.63) is 60.2 Å². The third-order valence-electron chi connectivity index (χ3n) is 2.63. The first-order valence-electron chi connectivity index (χ1n) is 5.87. The van der Waals surface area contributed by atoms with Crippen LogP contribution in [0.2, 0.25) is 0 Å². The van der Waals surface area contributed by atoms with Gasteiger partial charge in [0.15, 0.2) is 24.8 Å². The van der Waals surface area contributed by atoms with Gasteiger partial charge in [-0.15, -0.1) is 0 Å². The molecule has 0 radical (unpaired) electrons. The Kier molecular flexibility index (Phi) is 11.3. The van der Waals surface area contributed by atoms with Gasteiger partial charge in [-0.25, -0.2) is 9.13 Å². The highest BCUT2D eigenvalue weighted by Crippen LogP contribution is 2.28. The number of pyridine rings is 2. The zero-order valence-corrected chi connectivity index (χ0v) is 17.4. The molecule has 0 aliphatic carbocycles. The molecular formula is C14H18I2N2S2. The highest BCUT2D eigenvalue weighted by atomic mass is 127. The Balaban J connectivity index is 0.00000180. The molecule has 110 valence electrons. The molecule has 0 aliphatic rings. The lowest BCUT2D eigenvalue weighted by molar-refractivity contribution is -0.671. The fraction of sp³-hybridized carbons (Fsp3) is 0.286. The summed E-state index contributed by atoms with van der Waals surface area (Å²) in [5, 5.41) is 0. The standard InChI is InChI=1S/C14H18N2S2.2HI/c1-15-7-3-13(4-8-15)11-17-18-12-14-5-9-16(2)10-6-14;;/h3-10H,11-12H2,1-2H3;2*1H/q+2;;/p-2.